The summed E-state index contributed by atoms with van der Waals surface area (Å²) in [7, 11) is 0. The quantitative estimate of drug-likeness (QED) is 0.594. The van der Waals surface area contributed by atoms with Gasteiger partial charge in [0.15, 0.2) is 12.0 Å². The monoisotopic (exact) mass is 298 g/mol. The number of hydrogen-bond acceptors (Lipinski definition) is 2. The lowest BCUT2D eigenvalue weighted by atomic mass is 10.0. The Morgan fingerprint density at radius 3 is 2.48 bits per heavy atom. The van der Waals surface area contributed by atoms with Crippen LogP contribution < -0.4 is 0 Å². The summed E-state index contributed by atoms with van der Waals surface area (Å²) < 4.78 is 5.69. The van der Waals surface area contributed by atoms with Crippen molar-refractivity contribution >= 4 is 28.9 Å². The third-order valence-corrected chi connectivity index (χ3v) is 3.86. The highest BCUT2D eigenvalue weighted by Gasteiger charge is 2.13. The van der Waals surface area contributed by atoms with Gasteiger partial charge in [0.05, 0.1) is 0 Å². The van der Waals surface area contributed by atoms with Gasteiger partial charge < -0.3 is 4.42 Å². The van der Waals surface area contributed by atoms with E-state index in [0.29, 0.717) is 10.8 Å². The zero-order chi connectivity index (χ0) is 14.8. The number of halogens is 1. The van der Waals surface area contributed by atoms with Crippen LogP contribution in [0.25, 0.3) is 22.1 Å². The Kier molecular flexibility index (Phi) is 3.80. The molecule has 1 aromatic heterocycles. The Morgan fingerprint density at radius 2 is 1.81 bits per heavy atom. The Labute approximate surface area is 128 Å². The molecule has 2 aromatic carbocycles. The smallest absolute Gasteiger partial charge is 0.185 e. The third-order valence-electron chi connectivity index (χ3n) is 3.61. The highest BCUT2D eigenvalue weighted by atomic mass is 35.5. The van der Waals surface area contributed by atoms with E-state index < -0.39 is 0 Å². The fourth-order valence-corrected chi connectivity index (χ4v) is 2.72. The zero-order valence-electron chi connectivity index (χ0n) is 11.7. The molecule has 2 nitrogen and oxygen atoms in total. The zero-order valence-corrected chi connectivity index (χ0v) is 12.5. The molecule has 106 valence electrons. The minimum Gasteiger partial charge on any atom is -0.453 e. The second kappa shape index (κ2) is 5.74. The van der Waals surface area contributed by atoms with E-state index in [1.54, 1.807) is 0 Å². The van der Waals surface area contributed by atoms with E-state index in [1.807, 2.05) is 36.4 Å². The Balaban J connectivity index is 2.12. The van der Waals surface area contributed by atoms with Crippen molar-refractivity contribution in [3.05, 3.63) is 58.8 Å². The molecular formula is C18H15ClO2. The minimum atomic E-state index is 0.445. The van der Waals surface area contributed by atoms with Crippen LogP contribution in [-0.2, 0) is 6.42 Å². The number of aldehydes is 1. The fraction of sp³-hybridized carbons (Fsp3) is 0.167. The minimum absolute atomic E-state index is 0.445. The van der Waals surface area contributed by atoms with Gasteiger partial charge in [-0.1, -0.05) is 49.2 Å². The first-order valence-electron chi connectivity index (χ1n) is 6.99. The van der Waals surface area contributed by atoms with E-state index in [0.717, 1.165) is 46.8 Å². The van der Waals surface area contributed by atoms with Crippen molar-refractivity contribution in [1.82, 2.24) is 0 Å². The van der Waals surface area contributed by atoms with E-state index >= 15 is 0 Å². The van der Waals surface area contributed by atoms with Gasteiger partial charge in [0.25, 0.3) is 0 Å². The first-order chi connectivity index (χ1) is 10.2. The summed E-state index contributed by atoms with van der Waals surface area (Å²) in [6.07, 6.45) is 2.63. The van der Waals surface area contributed by atoms with Crippen LogP contribution in [0, 0.1) is 0 Å². The maximum absolute atomic E-state index is 11.2. The first kappa shape index (κ1) is 13.9. The average molecular weight is 299 g/mol. The number of carbonyl (C=O) groups is 1. The summed E-state index contributed by atoms with van der Waals surface area (Å²) in [5.41, 5.74) is 3.88. The number of hydrogen-bond donors (Lipinski definition) is 0. The number of furan rings is 1. The summed E-state index contributed by atoms with van der Waals surface area (Å²) in [5, 5.41) is 1.74. The number of aryl methyl sites for hydroxylation is 1. The number of carbonyl (C=O) groups excluding carboxylic acids is 1. The summed E-state index contributed by atoms with van der Waals surface area (Å²) >= 11 is 5.91. The second-order valence-corrected chi connectivity index (χ2v) is 5.47. The predicted octanol–water partition coefficient (Wildman–Crippen LogP) is 5.52. The lowest BCUT2D eigenvalue weighted by molar-refractivity contribution is 0.110. The van der Waals surface area contributed by atoms with Crippen LogP contribution in [0.1, 0.15) is 29.5 Å². The van der Waals surface area contributed by atoms with E-state index in [-0.39, 0.29) is 0 Å². The fourth-order valence-electron chi connectivity index (χ4n) is 2.59. The van der Waals surface area contributed by atoms with Gasteiger partial charge in [0.1, 0.15) is 5.58 Å². The molecule has 1 heterocycles. The number of benzene rings is 2. The van der Waals surface area contributed by atoms with Crippen molar-refractivity contribution in [3.8, 4) is 11.1 Å². The molecule has 0 aliphatic rings. The van der Waals surface area contributed by atoms with Crippen LogP contribution in [0.2, 0.25) is 5.02 Å². The maximum Gasteiger partial charge on any atom is 0.185 e. The van der Waals surface area contributed by atoms with E-state index in [9.17, 15) is 4.79 Å². The summed E-state index contributed by atoms with van der Waals surface area (Å²) in [4.78, 5) is 11.2. The first-order valence-corrected chi connectivity index (χ1v) is 7.37. The van der Waals surface area contributed by atoms with E-state index in [4.69, 9.17) is 16.0 Å². The Bertz CT molecular complexity index is 785. The molecule has 0 atom stereocenters. The van der Waals surface area contributed by atoms with Crippen LogP contribution in [0.3, 0.4) is 0 Å². The van der Waals surface area contributed by atoms with E-state index in [2.05, 4.69) is 13.0 Å². The topological polar surface area (TPSA) is 30.2 Å². The van der Waals surface area contributed by atoms with E-state index in [1.165, 1.54) is 0 Å². The van der Waals surface area contributed by atoms with Gasteiger partial charge >= 0.3 is 0 Å². The van der Waals surface area contributed by atoms with Crippen molar-refractivity contribution in [1.29, 1.82) is 0 Å². The maximum atomic E-state index is 11.2. The molecule has 3 rings (SSSR count). The van der Waals surface area contributed by atoms with Crippen molar-refractivity contribution in [2.45, 2.75) is 19.8 Å². The molecule has 0 saturated carbocycles. The van der Waals surface area contributed by atoms with Crippen LogP contribution in [0.15, 0.2) is 46.9 Å². The van der Waals surface area contributed by atoms with Gasteiger partial charge in [0, 0.05) is 16.0 Å². The lowest BCUT2D eigenvalue weighted by Crippen LogP contribution is -1.86. The summed E-state index contributed by atoms with van der Waals surface area (Å²) in [5.74, 6) is 0.445. The molecule has 0 radical (unpaired) electrons. The summed E-state index contributed by atoms with van der Waals surface area (Å²) in [6.45, 7) is 2.09. The van der Waals surface area contributed by atoms with Crippen molar-refractivity contribution < 1.29 is 9.21 Å². The Hall–Kier alpha value is -2.06. The molecule has 0 saturated heterocycles. The lowest BCUT2D eigenvalue weighted by Gasteiger charge is -2.02. The molecule has 0 fully saturated rings. The standard InChI is InChI=1S/C18H15ClO2/c1-2-3-15-16-9-6-13(10-17(16)21-18(15)11-20)12-4-7-14(19)8-5-12/h4-11H,2-3H2,1H3. The molecule has 3 aromatic rings. The highest BCUT2D eigenvalue weighted by Crippen LogP contribution is 2.31. The average Bonchev–Trinajstić information content (AvgIpc) is 2.85. The SMILES string of the molecule is CCCc1c(C=O)oc2cc(-c3ccc(Cl)cc3)ccc12. The van der Waals surface area contributed by atoms with Gasteiger partial charge in [-0.15, -0.1) is 0 Å². The van der Waals surface area contributed by atoms with Crippen LogP contribution >= 0.6 is 11.6 Å². The van der Waals surface area contributed by atoms with Gasteiger partial charge in [0.2, 0.25) is 0 Å². The molecule has 3 heteroatoms. The number of rotatable bonds is 4. The van der Waals surface area contributed by atoms with Gasteiger partial charge in [-0.3, -0.25) is 4.79 Å². The molecule has 21 heavy (non-hydrogen) atoms. The Morgan fingerprint density at radius 1 is 1.10 bits per heavy atom. The molecule has 0 spiro atoms. The molecule has 0 bridgehead atoms. The number of fused-ring (bicyclic) bond motifs is 1. The molecule has 0 aliphatic carbocycles. The highest BCUT2D eigenvalue weighted by molar-refractivity contribution is 6.30. The normalized spacial score (nSPS) is 11.0. The molecule has 0 aliphatic heterocycles. The van der Waals surface area contributed by atoms with Gasteiger partial charge in [-0.25, -0.2) is 0 Å². The van der Waals surface area contributed by atoms with Crippen LogP contribution in [-0.4, -0.2) is 6.29 Å². The third kappa shape index (κ3) is 2.59. The van der Waals surface area contributed by atoms with Crippen molar-refractivity contribution in [3.63, 3.8) is 0 Å². The largest absolute Gasteiger partial charge is 0.453 e. The predicted molar refractivity (Wildman–Crippen MR) is 86.0 cm³/mol. The molecule has 0 unspecified atom stereocenters. The summed E-state index contributed by atoms with van der Waals surface area (Å²) in [6, 6.07) is 13.7. The van der Waals surface area contributed by atoms with Gasteiger partial charge in [-0.05, 0) is 35.7 Å². The van der Waals surface area contributed by atoms with Crippen LogP contribution in [0.4, 0.5) is 0 Å². The molecule has 0 N–H and O–H groups in total. The van der Waals surface area contributed by atoms with Crippen molar-refractivity contribution in [2.24, 2.45) is 0 Å². The molecular weight excluding hydrogens is 284 g/mol. The second-order valence-electron chi connectivity index (χ2n) is 5.03. The molecule has 0 amide bonds. The van der Waals surface area contributed by atoms with Crippen LogP contribution in [0.5, 0.6) is 0 Å². The van der Waals surface area contributed by atoms with Crippen molar-refractivity contribution in [2.75, 3.05) is 0 Å². The van der Waals surface area contributed by atoms with Gasteiger partial charge in [-0.2, -0.15) is 0 Å².